The molecule has 5 heteroatoms. The fourth-order valence-electron chi connectivity index (χ4n) is 1.86. The molecule has 0 radical (unpaired) electrons. The molecular weight excluding hydrogens is 232 g/mol. The molecule has 0 aliphatic rings. The third-order valence-electron chi connectivity index (χ3n) is 2.83. The third-order valence-corrected chi connectivity index (χ3v) is 2.83. The normalized spacial score (nSPS) is 12.2. The van der Waals surface area contributed by atoms with Gasteiger partial charge in [0.1, 0.15) is 0 Å². The van der Waals surface area contributed by atoms with Crippen molar-refractivity contribution < 1.29 is 9.66 Å². The zero-order valence-corrected chi connectivity index (χ0v) is 11.3. The van der Waals surface area contributed by atoms with Crippen molar-refractivity contribution in [1.29, 1.82) is 0 Å². The number of hydrogen-bond donors (Lipinski definition) is 1. The van der Waals surface area contributed by atoms with Gasteiger partial charge in [-0.3, -0.25) is 10.1 Å². The van der Waals surface area contributed by atoms with Crippen LogP contribution in [0.25, 0.3) is 0 Å². The number of anilines is 1. The summed E-state index contributed by atoms with van der Waals surface area (Å²) >= 11 is 0. The largest absolute Gasteiger partial charge is 0.384 e. The van der Waals surface area contributed by atoms with E-state index in [-0.39, 0.29) is 10.6 Å². The maximum Gasteiger partial charge on any atom is 0.274 e. The molecule has 1 rings (SSSR count). The molecule has 0 amide bonds. The van der Waals surface area contributed by atoms with Crippen molar-refractivity contribution in [3.8, 4) is 0 Å². The molecule has 100 valence electrons. The summed E-state index contributed by atoms with van der Waals surface area (Å²) in [6.45, 7) is 7.16. The quantitative estimate of drug-likeness (QED) is 0.624. The Bertz CT molecular complexity index is 432. The Hall–Kier alpha value is -1.62. The zero-order chi connectivity index (χ0) is 13.7. The zero-order valence-electron chi connectivity index (χ0n) is 11.3. The number of aryl methyl sites for hydroxylation is 2. The van der Waals surface area contributed by atoms with E-state index in [0.29, 0.717) is 18.1 Å². The van der Waals surface area contributed by atoms with E-state index >= 15 is 0 Å². The first-order chi connectivity index (χ1) is 8.45. The fraction of sp³-hybridized carbons (Fsp3) is 0.538. The molecule has 18 heavy (non-hydrogen) atoms. The first-order valence-corrected chi connectivity index (χ1v) is 5.94. The summed E-state index contributed by atoms with van der Waals surface area (Å²) in [7, 11) is 1.67. The number of methoxy groups -OCH3 is 1. The molecule has 1 atom stereocenters. The molecule has 0 spiro atoms. The Balaban J connectivity index is 2.82. The summed E-state index contributed by atoms with van der Waals surface area (Å²) < 4.78 is 5.06. The van der Waals surface area contributed by atoms with Gasteiger partial charge in [-0.15, -0.1) is 0 Å². The highest BCUT2D eigenvalue weighted by Gasteiger charge is 2.13. The Labute approximate surface area is 107 Å². The lowest BCUT2D eigenvalue weighted by atomic mass is 10.1. The van der Waals surface area contributed by atoms with Crippen molar-refractivity contribution in [3.05, 3.63) is 33.4 Å². The second-order valence-electron chi connectivity index (χ2n) is 4.65. The molecule has 5 nitrogen and oxygen atoms in total. The van der Waals surface area contributed by atoms with Crippen LogP contribution in [0.2, 0.25) is 0 Å². The molecule has 1 aromatic rings. The van der Waals surface area contributed by atoms with Crippen molar-refractivity contribution in [1.82, 2.24) is 0 Å². The van der Waals surface area contributed by atoms with Gasteiger partial charge in [-0.1, -0.05) is 6.92 Å². The Kier molecular flexibility index (Phi) is 5.09. The highest BCUT2D eigenvalue weighted by Crippen LogP contribution is 2.26. The minimum Gasteiger partial charge on any atom is -0.384 e. The topological polar surface area (TPSA) is 64.4 Å². The van der Waals surface area contributed by atoms with Crippen LogP contribution >= 0.6 is 0 Å². The van der Waals surface area contributed by atoms with Gasteiger partial charge in [0.05, 0.1) is 11.5 Å². The highest BCUT2D eigenvalue weighted by molar-refractivity contribution is 5.60. The molecule has 1 aromatic carbocycles. The van der Waals surface area contributed by atoms with Crippen LogP contribution in [0.1, 0.15) is 18.1 Å². The van der Waals surface area contributed by atoms with Crippen LogP contribution in [0.4, 0.5) is 11.4 Å². The second-order valence-corrected chi connectivity index (χ2v) is 4.65. The van der Waals surface area contributed by atoms with Crippen LogP contribution in [-0.2, 0) is 4.74 Å². The smallest absolute Gasteiger partial charge is 0.274 e. The molecule has 0 saturated heterocycles. The van der Waals surface area contributed by atoms with Crippen LogP contribution in [0.5, 0.6) is 0 Å². The van der Waals surface area contributed by atoms with Crippen molar-refractivity contribution in [3.63, 3.8) is 0 Å². The predicted molar refractivity (Wildman–Crippen MR) is 72.1 cm³/mol. The van der Waals surface area contributed by atoms with Gasteiger partial charge in [0.2, 0.25) is 0 Å². The summed E-state index contributed by atoms with van der Waals surface area (Å²) in [6.07, 6.45) is 0. The molecule has 0 aliphatic heterocycles. The van der Waals surface area contributed by atoms with Crippen LogP contribution in [0, 0.1) is 29.9 Å². The number of rotatable bonds is 6. The third kappa shape index (κ3) is 3.70. The van der Waals surface area contributed by atoms with E-state index in [1.165, 1.54) is 0 Å². The lowest BCUT2D eigenvalue weighted by molar-refractivity contribution is -0.385. The van der Waals surface area contributed by atoms with Gasteiger partial charge >= 0.3 is 0 Å². The summed E-state index contributed by atoms with van der Waals surface area (Å²) in [5.74, 6) is 0.356. The SMILES string of the molecule is COCC(C)CNc1cc([N+](=O)[O-])c(C)cc1C. The lowest BCUT2D eigenvalue weighted by Gasteiger charge is -2.14. The second kappa shape index (κ2) is 6.35. The van der Waals surface area contributed by atoms with Gasteiger partial charge in [0.25, 0.3) is 5.69 Å². The highest BCUT2D eigenvalue weighted by atomic mass is 16.6. The molecule has 0 fully saturated rings. The molecule has 0 saturated carbocycles. The van der Waals surface area contributed by atoms with Crippen LogP contribution < -0.4 is 5.32 Å². The molecule has 1 N–H and O–H groups in total. The van der Waals surface area contributed by atoms with E-state index in [1.807, 2.05) is 13.0 Å². The first-order valence-electron chi connectivity index (χ1n) is 5.94. The predicted octanol–water partition coefficient (Wildman–Crippen LogP) is 2.91. The van der Waals surface area contributed by atoms with E-state index in [4.69, 9.17) is 4.74 Å². The standard InChI is InChI=1S/C13H20N2O3/c1-9(8-18-4)7-14-12-6-13(15(16)17)11(3)5-10(12)2/h5-6,9,14H,7-8H2,1-4H3. The molecule has 0 bridgehead atoms. The van der Waals surface area contributed by atoms with E-state index in [9.17, 15) is 10.1 Å². The minimum absolute atomic E-state index is 0.155. The van der Waals surface area contributed by atoms with Crippen LogP contribution in [-0.4, -0.2) is 25.2 Å². The number of ether oxygens (including phenoxy) is 1. The van der Waals surface area contributed by atoms with Crippen molar-refractivity contribution >= 4 is 11.4 Å². The molecule has 0 aliphatic carbocycles. The number of nitro groups is 1. The van der Waals surface area contributed by atoms with Crippen LogP contribution in [0.3, 0.4) is 0 Å². The maximum absolute atomic E-state index is 10.9. The van der Waals surface area contributed by atoms with Gasteiger partial charge in [-0.25, -0.2) is 0 Å². The fourth-order valence-corrected chi connectivity index (χ4v) is 1.86. The minimum atomic E-state index is -0.349. The number of hydrogen-bond acceptors (Lipinski definition) is 4. The van der Waals surface area contributed by atoms with E-state index in [0.717, 1.165) is 17.8 Å². The summed E-state index contributed by atoms with van der Waals surface area (Å²) in [5.41, 5.74) is 2.67. The molecular formula is C13H20N2O3. The van der Waals surface area contributed by atoms with Crippen molar-refractivity contribution in [2.24, 2.45) is 5.92 Å². The van der Waals surface area contributed by atoms with E-state index in [2.05, 4.69) is 12.2 Å². The van der Waals surface area contributed by atoms with Gasteiger partial charge < -0.3 is 10.1 Å². The monoisotopic (exact) mass is 252 g/mol. The average Bonchev–Trinajstić information content (AvgIpc) is 2.27. The van der Waals surface area contributed by atoms with Crippen molar-refractivity contribution in [2.45, 2.75) is 20.8 Å². The Morgan fingerprint density at radius 1 is 1.39 bits per heavy atom. The summed E-state index contributed by atoms with van der Waals surface area (Å²) in [5, 5.41) is 14.1. The van der Waals surface area contributed by atoms with E-state index < -0.39 is 0 Å². The van der Waals surface area contributed by atoms with E-state index in [1.54, 1.807) is 20.1 Å². The summed E-state index contributed by atoms with van der Waals surface area (Å²) in [4.78, 5) is 10.5. The number of nitro benzene ring substituents is 1. The maximum atomic E-state index is 10.9. The van der Waals surface area contributed by atoms with Gasteiger partial charge in [-0.2, -0.15) is 0 Å². The average molecular weight is 252 g/mol. The first kappa shape index (κ1) is 14.4. The Morgan fingerprint density at radius 2 is 2.06 bits per heavy atom. The van der Waals surface area contributed by atoms with Gasteiger partial charge in [0, 0.05) is 31.0 Å². The number of benzene rings is 1. The summed E-state index contributed by atoms with van der Waals surface area (Å²) in [6, 6.07) is 3.44. The van der Waals surface area contributed by atoms with Crippen LogP contribution in [0.15, 0.2) is 12.1 Å². The molecule has 1 unspecified atom stereocenters. The lowest BCUT2D eigenvalue weighted by Crippen LogP contribution is -2.16. The molecule has 0 heterocycles. The van der Waals surface area contributed by atoms with Gasteiger partial charge in [0.15, 0.2) is 0 Å². The molecule has 0 aromatic heterocycles. The van der Waals surface area contributed by atoms with Gasteiger partial charge in [-0.05, 0) is 31.4 Å². The number of nitrogens with one attached hydrogen (secondary N) is 1. The Morgan fingerprint density at radius 3 is 2.61 bits per heavy atom. The number of nitrogens with zero attached hydrogens (tertiary/aromatic N) is 1. The van der Waals surface area contributed by atoms with Crippen molar-refractivity contribution in [2.75, 3.05) is 25.6 Å².